The molecule has 2 unspecified atom stereocenters. The van der Waals surface area contributed by atoms with Gasteiger partial charge in [-0.3, -0.25) is 19.5 Å². The molecule has 0 spiro atoms. The van der Waals surface area contributed by atoms with Crippen molar-refractivity contribution in [3.05, 3.63) is 57.6 Å². The van der Waals surface area contributed by atoms with Crippen LogP contribution in [0.2, 0.25) is 0 Å². The van der Waals surface area contributed by atoms with Crippen molar-refractivity contribution in [3.8, 4) is 11.5 Å². The smallest absolute Gasteiger partial charge is 0.246 e. The topological polar surface area (TPSA) is 71.4 Å². The lowest BCUT2D eigenvalue weighted by molar-refractivity contribution is -0.539. The summed E-state index contributed by atoms with van der Waals surface area (Å²) in [5.41, 5.74) is 6.04. The lowest BCUT2D eigenvalue weighted by Gasteiger charge is -2.26. The standard InChI is InChI=1S/C44H66N4O2/c1-29(2)34-23-36(43(49)38(25-34)31(5)6)27-45-40-21-33(15-11-13-18-48-20-14-19-47-17-12-9-10-16-42(47)48)22-41(40)46-28-37-24-35(30(3)4)26-39(32(7)8)44(37)50/h23-33,40-41H,9-22H2,1-8H3,(H-,45,46,49,50)/p+1. The molecular formula is C44H67N4O2+. The number of hydrogen-bond acceptors (Lipinski definition) is 5. The molecular weight excluding hydrogens is 617 g/mol. The lowest BCUT2D eigenvalue weighted by atomic mass is 9.92. The molecule has 1 aliphatic carbocycles. The van der Waals surface area contributed by atoms with Gasteiger partial charge in [-0.1, -0.05) is 73.9 Å². The highest BCUT2D eigenvalue weighted by Gasteiger charge is 2.34. The second-order valence-electron chi connectivity index (χ2n) is 16.8. The maximum atomic E-state index is 11.3. The Balaban J connectivity index is 1.34. The van der Waals surface area contributed by atoms with Crippen LogP contribution in [0.5, 0.6) is 11.5 Å². The van der Waals surface area contributed by atoms with Crippen LogP contribution in [-0.4, -0.2) is 76.2 Å². The van der Waals surface area contributed by atoms with Gasteiger partial charge in [-0.15, -0.1) is 0 Å². The minimum atomic E-state index is 0.0399. The minimum absolute atomic E-state index is 0.0399. The Hall–Kier alpha value is -3.15. The fraction of sp³-hybridized carbons (Fsp3) is 0.659. The Labute approximate surface area is 303 Å². The van der Waals surface area contributed by atoms with Crippen molar-refractivity contribution in [2.45, 2.75) is 155 Å². The second kappa shape index (κ2) is 17.4. The predicted molar refractivity (Wildman–Crippen MR) is 212 cm³/mol. The van der Waals surface area contributed by atoms with Gasteiger partial charge in [0, 0.05) is 36.4 Å². The molecule has 2 aromatic rings. The van der Waals surface area contributed by atoms with E-state index in [9.17, 15) is 10.2 Å². The van der Waals surface area contributed by atoms with Crippen molar-refractivity contribution >= 4 is 18.3 Å². The van der Waals surface area contributed by atoms with Crippen molar-refractivity contribution in [2.24, 2.45) is 15.9 Å². The molecule has 6 heteroatoms. The molecule has 5 rings (SSSR count). The van der Waals surface area contributed by atoms with E-state index in [4.69, 9.17) is 9.98 Å². The summed E-state index contributed by atoms with van der Waals surface area (Å²) in [5, 5.41) is 22.5. The zero-order valence-corrected chi connectivity index (χ0v) is 32.6. The first-order valence-electron chi connectivity index (χ1n) is 20.1. The zero-order valence-electron chi connectivity index (χ0n) is 32.6. The van der Waals surface area contributed by atoms with Crippen molar-refractivity contribution in [1.82, 2.24) is 4.90 Å². The third-order valence-electron chi connectivity index (χ3n) is 11.6. The van der Waals surface area contributed by atoms with Crippen LogP contribution in [0.1, 0.15) is 177 Å². The fourth-order valence-corrected chi connectivity index (χ4v) is 8.36. The molecule has 50 heavy (non-hydrogen) atoms. The number of amidine groups is 1. The molecule has 0 radical (unpaired) electrons. The Morgan fingerprint density at radius 3 is 1.76 bits per heavy atom. The second-order valence-corrected chi connectivity index (χ2v) is 16.8. The number of phenols is 2. The van der Waals surface area contributed by atoms with Crippen LogP contribution in [-0.2, 0) is 0 Å². The normalized spacial score (nSPS) is 21.9. The summed E-state index contributed by atoms with van der Waals surface area (Å²) >= 11 is 0. The summed E-state index contributed by atoms with van der Waals surface area (Å²) in [4.78, 5) is 13.1. The van der Waals surface area contributed by atoms with E-state index in [-0.39, 0.29) is 23.9 Å². The Bertz CT molecular complexity index is 1450. The van der Waals surface area contributed by atoms with E-state index < -0.39 is 0 Å². The maximum absolute atomic E-state index is 11.3. The van der Waals surface area contributed by atoms with Gasteiger partial charge in [-0.25, -0.2) is 0 Å². The van der Waals surface area contributed by atoms with Gasteiger partial charge in [-0.2, -0.15) is 0 Å². The molecule has 2 atom stereocenters. The van der Waals surface area contributed by atoms with E-state index in [0.29, 0.717) is 29.3 Å². The van der Waals surface area contributed by atoms with Crippen LogP contribution in [0.4, 0.5) is 0 Å². The van der Waals surface area contributed by atoms with E-state index in [2.05, 4.69) is 89.1 Å². The van der Waals surface area contributed by atoms with Gasteiger partial charge in [0.25, 0.3) is 0 Å². The van der Waals surface area contributed by atoms with Crippen LogP contribution >= 0.6 is 0 Å². The molecule has 2 aliphatic heterocycles. The quantitative estimate of drug-likeness (QED) is 0.125. The molecule has 274 valence electrons. The van der Waals surface area contributed by atoms with Crippen LogP contribution in [0, 0.1) is 5.92 Å². The first-order valence-corrected chi connectivity index (χ1v) is 20.1. The summed E-state index contributed by atoms with van der Waals surface area (Å²) in [6.45, 7) is 22.2. The Kier molecular flexibility index (Phi) is 13.2. The zero-order chi connectivity index (χ0) is 35.9. The largest absolute Gasteiger partial charge is 0.507 e. The fourth-order valence-electron chi connectivity index (χ4n) is 8.36. The number of rotatable bonds is 13. The van der Waals surface area contributed by atoms with Crippen LogP contribution in [0.25, 0.3) is 0 Å². The molecule has 3 aliphatic rings. The number of nitrogens with zero attached hydrogens (tertiary/aromatic N) is 4. The Morgan fingerprint density at radius 1 is 0.700 bits per heavy atom. The van der Waals surface area contributed by atoms with Gasteiger partial charge in [-0.05, 0) is 109 Å². The van der Waals surface area contributed by atoms with E-state index in [1.54, 1.807) is 5.84 Å². The number of phenolic OH excluding ortho intramolecular Hbond substituents is 2. The van der Waals surface area contributed by atoms with Crippen LogP contribution < -0.4 is 0 Å². The average molecular weight is 684 g/mol. The third-order valence-corrected chi connectivity index (χ3v) is 11.6. The summed E-state index contributed by atoms with van der Waals surface area (Å²) in [7, 11) is 0. The first-order chi connectivity index (χ1) is 23.9. The van der Waals surface area contributed by atoms with Crippen molar-refractivity contribution < 1.29 is 14.8 Å². The van der Waals surface area contributed by atoms with E-state index in [0.717, 1.165) is 35.1 Å². The van der Waals surface area contributed by atoms with Gasteiger partial charge in [0.05, 0.1) is 38.3 Å². The Morgan fingerprint density at radius 2 is 1.24 bits per heavy atom. The molecule has 1 saturated carbocycles. The molecule has 0 saturated heterocycles. The summed E-state index contributed by atoms with van der Waals surface area (Å²) in [5.74, 6) is 4.07. The summed E-state index contributed by atoms with van der Waals surface area (Å²) < 4.78 is 2.68. The molecule has 2 aromatic carbocycles. The van der Waals surface area contributed by atoms with E-state index >= 15 is 0 Å². The number of aliphatic imine (C=N–C) groups is 2. The lowest BCUT2D eigenvalue weighted by Crippen LogP contribution is -2.44. The third kappa shape index (κ3) is 9.39. The monoisotopic (exact) mass is 684 g/mol. The van der Waals surface area contributed by atoms with Gasteiger partial charge < -0.3 is 10.2 Å². The van der Waals surface area contributed by atoms with Gasteiger partial charge in [0.2, 0.25) is 5.84 Å². The maximum Gasteiger partial charge on any atom is 0.246 e. The first kappa shape index (κ1) is 38.1. The number of benzene rings is 2. The number of aromatic hydroxyl groups is 2. The van der Waals surface area contributed by atoms with Gasteiger partial charge in [0.15, 0.2) is 0 Å². The van der Waals surface area contributed by atoms with Crippen LogP contribution in [0.3, 0.4) is 0 Å². The van der Waals surface area contributed by atoms with Crippen LogP contribution in [0.15, 0.2) is 34.3 Å². The average Bonchev–Trinajstić information content (AvgIpc) is 3.29. The van der Waals surface area contributed by atoms with Crippen molar-refractivity contribution in [3.63, 3.8) is 0 Å². The molecule has 2 N–H and O–H groups in total. The van der Waals surface area contributed by atoms with E-state index in [1.807, 2.05) is 12.4 Å². The van der Waals surface area contributed by atoms with Crippen molar-refractivity contribution in [1.29, 1.82) is 0 Å². The molecule has 0 bridgehead atoms. The summed E-state index contributed by atoms with van der Waals surface area (Å²) in [6, 6.07) is 8.60. The minimum Gasteiger partial charge on any atom is -0.507 e. The molecule has 0 amide bonds. The molecule has 6 nitrogen and oxygen atoms in total. The number of hydrogen-bond donors (Lipinski definition) is 2. The highest BCUT2D eigenvalue weighted by atomic mass is 16.3. The van der Waals surface area contributed by atoms with E-state index in [1.165, 1.54) is 88.7 Å². The molecule has 2 heterocycles. The van der Waals surface area contributed by atoms with Gasteiger partial charge in [0.1, 0.15) is 11.5 Å². The highest BCUT2D eigenvalue weighted by Crippen LogP contribution is 2.37. The van der Waals surface area contributed by atoms with Gasteiger partial charge >= 0.3 is 0 Å². The summed E-state index contributed by atoms with van der Waals surface area (Å²) in [6.07, 6.45) is 16.1. The molecule has 0 aromatic heterocycles. The highest BCUT2D eigenvalue weighted by molar-refractivity contribution is 5.86. The molecule has 1 fully saturated rings. The predicted octanol–water partition coefficient (Wildman–Crippen LogP) is 10.1. The number of unbranched alkanes of at least 4 members (excludes halogenated alkanes) is 1. The van der Waals surface area contributed by atoms with Crippen molar-refractivity contribution in [2.75, 3.05) is 26.2 Å². The SMILES string of the molecule is CC(C)c1cc(C=NC2CC(CCCCN3CCC[N+]4=C3CCCCC4)CC2N=Cc2cc(C(C)C)cc(C(C)C)c2O)c(O)c(C(C)C)c1.